The summed E-state index contributed by atoms with van der Waals surface area (Å²) < 4.78 is 30.6. The van der Waals surface area contributed by atoms with Crippen LogP contribution in [0.25, 0.3) is 0 Å². The summed E-state index contributed by atoms with van der Waals surface area (Å²) >= 11 is 0. The zero-order valence-electron chi connectivity index (χ0n) is 13.3. The van der Waals surface area contributed by atoms with E-state index in [2.05, 4.69) is 10.0 Å². The van der Waals surface area contributed by atoms with Crippen LogP contribution in [-0.2, 0) is 31.9 Å². The van der Waals surface area contributed by atoms with Gasteiger partial charge < -0.3 is 10.1 Å². The fourth-order valence-corrected chi connectivity index (χ4v) is 2.56. The van der Waals surface area contributed by atoms with Crippen molar-refractivity contribution in [2.24, 2.45) is 0 Å². The SMILES string of the molecule is CNS(=O)(=O)Cc1cccc(CNC(=O)CCOC(C)C)c1. The molecule has 0 aliphatic carbocycles. The molecule has 0 fully saturated rings. The lowest BCUT2D eigenvalue weighted by Crippen LogP contribution is -2.24. The van der Waals surface area contributed by atoms with Crippen molar-refractivity contribution in [3.8, 4) is 0 Å². The molecule has 7 heteroatoms. The second-order valence-electron chi connectivity index (χ2n) is 5.23. The van der Waals surface area contributed by atoms with Gasteiger partial charge in [0.05, 0.1) is 18.5 Å². The molecule has 0 saturated carbocycles. The molecular formula is C15H24N2O4S. The highest BCUT2D eigenvalue weighted by molar-refractivity contribution is 7.88. The molecule has 1 aromatic carbocycles. The van der Waals surface area contributed by atoms with Gasteiger partial charge in [0.25, 0.3) is 0 Å². The van der Waals surface area contributed by atoms with E-state index in [1.54, 1.807) is 18.2 Å². The molecular weight excluding hydrogens is 304 g/mol. The van der Waals surface area contributed by atoms with Gasteiger partial charge in [0.1, 0.15) is 0 Å². The molecule has 124 valence electrons. The van der Waals surface area contributed by atoms with E-state index in [1.807, 2.05) is 19.9 Å². The molecule has 0 aliphatic rings. The summed E-state index contributed by atoms with van der Waals surface area (Å²) in [5.74, 6) is -0.165. The van der Waals surface area contributed by atoms with Crippen LogP contribution in [0.15, 0.2) is 24.3 Å². The van der Waals surface area contributed by atoms with E-state index in [9.17, 15) is 13.2 Å². The highest BCUT2D eigenvalue weighted by Crippen LogP contribution is 2.08. The number of nitrogens with one attached hydrogen (secondary N) is 2. The predicted octanol–water partition coefficient (Wildman–Crippen LogP) is 1.17. The molecule has 1 rings (SSSR count). The topological polar surface area (TPSA) is 84.5 Å². The maximum atomic E-state index is 11.7. The molecule has 0 unspecified atom stereocenters. The molecule has 0 atom stereocenters. The lowest BCUT2D eigenvalue weighted by atomic mass is 10.1. The second kappa shape index (κ2) is 8.87. The van der Waals surface area contributed by atoms with Crippen molar-refractivity contribution in [3.63, 3.8) is 0 Å². The second-order valence-corrected chi connectivity index (χ2v) is 7.16. The van der Waals surface area contributed by atoms with Crippen molar-refractivity contribution >= 4 is 15.9 Å². The van der Waals surface area contributed by atoms with Gasteiger partial charge in [0.2, 0.25) is 15.9 Å². The van der Waals surface area contributed by atoms with Crippen LogP contribution in [0.1, 0.15) is 31.4 Å². The van der Waals surface area contributed by atoms with Crippen molar-refractivity contribution in [1.29, 1.82) is 0 Å². The average molecular weight is 328 g/mol. The lowest BCUT2D eigenvalue weighted by molar-refractivity contribution is -0.122. The Labute approximate surface area is 132 Å². The number of amides is 1. The highest BCUT2D eigenvalue weighted by Gasteiger charge is 2.09. The zero-order chi connectivity index (χ0) is 16.6. The molecule has 2 N–H and O–H groups in total. The summed E-state index contributed by atoms with van der Waals surface area (Å²) in [6.45, 7) is 4.60. The summed E-state index contributed by atoms with van der Waals surface area (Å²) in [7, 11) is -1.91. The maximum absolute atomic E-state index is 11.7. The molecule has 1 aromatic rings. The monoisotopic (exact) mass is 328 g/mol. The van der Waals surface area contributed by atoms with Crippen LogP contribution in [0, 0.1) is 0 Å². The summed E-state index contributed by atoms with van der Waals surface area (Å²) in [6, 6.07) is 7.15. The first-order chi connectivity index (χ1) is 10.3. The van der Waals surface area contributed by atoms with Crippen molar-refractivity contribution in [2.75, 3.05) is 13.7 Å². The summed E-state index contributed by atoms with van der Waals surface area (Å²) in [4.78, 5) is 11.7. The van der Waals surface area contributed by atoms with E-state index in [-0.39, 0.29) is 17.8 Å². The van der Waals surface area contributed by atoms with Crippen LogP contribution >= 0.6 is 0 Å². The van der Waals surface area contributed by atoms with Gasteiger partial charge in [0, 0.05) is 13.0 Å². The van der Waals surface area contributed by atoms with E-state index in [1.165, 1.54) is 7.05 Å². The Hall–Kier alpha value is -1.44. The minimum absolute atomic E-state index is 0.0759. The summed E-state index contributed by atoms with van der Waals surface area (Å²) in [6.07, 6.45) is 0.421. The Morgan fingerprint density at radius 3 is 2.59 bits per heavy atom. The third-order valence-corrected chi connectivity index (χ3v) is 4.26. The third-order valence-electron chi connectivity index (χ3n) is 2.93. The maximum Gasteiger partial charge on any atom is 0.222 e. The first-order valence-electron chi connectivity index (χ1n) is 7.19. The molecule has 0 saturated heterocycles. The fraction of sp³-hybridized carbons (Fsp3) is 0.533. The lowest BCUT2D eigenvalue weighted by Gasteiger charge is -2.09. The van der Waals surface area contributed by atoms with Crippen LogP contribution in [0.2, 0.25) is 0 Å². The van der Waals surface area contributed by atoms with Gasteiger partial charge in [-0.3, -0.25) is 4.79 Å². The van der Waals surface area contributed by atoms with Crippen LogP contribution in [0.3, 0.4) is 0 Å². The number of benzene rings is 1. The Bertz CT molecular complexity index is 585. The molecule has 6 nitrogen and oxygen atoms in total. The Morgan fingerprint density at radius 2 is 1.95 bits per heavy atom. The molecule has 0 heterocycles. The van der Waals surface area contributed by atoms with Crippen molar-refractivity contribution in [2.45, 2.75) is 38.7 Å². The fourth-order valence-electron chi connectivity index (χ4n) is 1.80. The van der Waals surface area contributed by atoms with Gasteiger partial charge in [-0.15, -0.1) is 0 Å². The van der Waals surface area contributed by atoms with E-state index in [0.717, 1.165) is 5.56 Å². The van der Waals surface area contributed by atoms with Crippen LogP contribution < -0.4 is 10.0 Å². The zero-order valence-corrected chi connectivity index (χ0v) is 14.1. The number of hydrogen-bond acceptors (Lipinski definition) is 4. The number of ether oxygens (including phenoxy) is 1. The van der Waals surface area contributed by atoms with Crippen molar-refractivity contribution in [1.82, 2.24) is 10.0 Å². The van der Waals surface area contributed by atoms with Gasteiger partial charge >= 0.3 is 0 Å². The molecule has 1 amide bonds. The molecule has 22 heavy (non-hydrogen) atoms. The first kappa shape index (κ1) is 18.6. The van der Waals surface area contributed by atoms with Gasteiger partial charge in [-0.05, 0) is 32.0 Å². The first-order valence-corrected chi connectivity index (χ1v) is 8.85. The van der Waals surface area contributed by atoms with E-state index >= 15 is 0 Å². The summed E-state index contributed by atoms with van der Waals surface area (Å²) in [5, 5.41) is 2.79. The van der Waals surface area contributed by atoms with E-state index in [4.69, 9.17) is 4.74 Å². The Morgan fingerprint density at radius 1 is 1.27 bits per heavy atom. The van der Waals surface area contributed by atoms with Gasteiger partial charge in [0.15, 0.2) is 0 Å². The smallest absolute Gasteiger partial charge is 0.222 e. The van der Waals surface area contributed by atoms with Gasteiger partial charge in [-0.25, -0.2) is 13.1 Å². The number of sulfonamides is 1. The molecule has 0 bridgehead atoms. The number of hydrogen-bond donors (Lipinski definition) is 2. The van der Waals surface area contributed by atoms with Gasteiger partial charge in [-0.2, -0.15) is 0 Å². The van der Waals surface area contributed by atoms with Crippen molar-refractivity contribution in [3.05, 3.63) is 35.4 Å². The normalized spacial score (nSPS) is 11.6. The van der Waals surface area contributed by atoms with Crippen LogP contribution in [-0.4, -0.2) is 34.1 Å². The van der Waals surface area contributed by atoms with Crippen LogP contribution in [0.5, 0.6) is 0 Å². The number of carbonyl (C=O) groups is 1. The van der Waals surface area contributed by atoms with Crippen molar-refractivity contribution < 1.29 is 17.9 Å². The Kier molecular flexibility index (Phi) is 7.50. The molecule has 0 aromatic heterocycles. The van der Waals surface area contributed by atoms with E-state index in [0.29, 0.717) is 25.1 Å². The molecule has 0 radical (unpaired) electrons. The molecule has 0 aliphatic heterocycles. The Balaban J connectivity index is 2.48. The van der Waals surface area contributed by atoms with Gasteiger partial charge in [-0.1, -0.05) is 24.3 Å². The standard InChI is InChI=1S/C15H24N2O4S/c1-12(2)21-8-7-15(18)17-10-13-5-4-6-14(9-13)11-22(19,20)16-3/h4-6,9,12,16H,7-8,10-11H2,1-3H3,(H,17,18). The average Bonchev–Trinajstić information content (AvgIpc) is 2.45. The minimum atomic E-state index is -3.29. The number of carbonyl (C=O) groups excluding carboxylic acids is 1. The van der Waals surface area contributed by atoms with E-state index < -0.39 is 10.0 Å². The highest BCUT2D eigenvalue weighted by atomic mass is 32.2. The van der Waals surface area contributed by atoms with Crippen LogP contribution in [0.4, 0.5) is 0 Å². The third kappa shape index (κ3) is 7.53. The summed E-state index contributed by atoms with van der Waals surface area (Å²) in [5.41, 5.74) is 1.55. The number of rotatable bonds is 9. The predicted molar refractivity (Wildman–Crippen MR) is 85.7 cm³/mol. The quantitative estimate of drug-likeness (QED) is 0.712. The molecule has 0 spiro atoms. The minimum Gasteiger partial charge on any atom is -0.378 e. The largest absolute Gasteiger partial charge is 0.378 e.